The fraction of sp³-hybridized carbons (Fsp3) is 0.824. The third kappa shape index (κ3) is 4.19. The van der Waals surface area contributed by atoms with Crippen LogP contribution in [0, 0.1) is 18.8 Å². The quantitative estimate of drug-likeness (QED) is 0.743. The van der Waals surface area contributed by atoms with Gasteiger partial charge in [0.05, 0.1) is 5.69 Å². The largest absolute Gasteiger partial charge is 0.348 e. The molecule has 2 aliphatic carbocycles. The average molecular weight is 308 g/mol. The standard InChI is InChI=1S/C17H29N3S/c1-4-9-18-12(2)16-13(3)19-17(21-16)20(10-14-5-6-14)11-15-7-8-15/h12,14-15,18H,4-11H2,1-3H3. The number of nitrogens with one attached hydrogen (secondary N) is 1. The van der Waals surface area contributed by atoms with Crippen LogP contribution in [0.1, 0.15) is 62.6 Å². The van der Waals surface area contributed by atoms with Crippen molar-refractivity contribution >= 4 is 16.5 Å². The molecule has 0 saturated heterocycles. The minimum absolute atomic E-state index is 0.430. The second-order valence-electron chi connectivity index (χ2n) is 6.91. The minimum Gasteiger partial charge on any atom is -0.348 e. The molecule has 2 saturated carbocycles. The normalized spacial score (nSPS) is 19.8. The van der Waals surface area contributed by atoms with Crippen molar-refractivity contribution in [3.05, 3.63) is 10.6 Å². The molecule has 21 heavy (non-hydrogen) atoms. The summed E-state index contributed by atoms with van der Waals surface area (Å²) >= 11 is 1.92. The average Bonchev–Trinajstić information content (AvgIpc) is 3.38. The Bertz CT molecular complexity index is 449. The number of nitrogens with zero attached hydrogens (tertiary/aromatic N) is 2. The van der Waals surface area contributed by atoms with Crippen LogP contribution in [0.3, 0.4) is 0 Å². The van der Waals surface area contributed by atoms with Crippen molar-refractivity contribution in [2.24, 2.45) is 11.8 Å². The summed E-state index contributed by atoms with van der Waals surface area (Å²) in [6.45, 7) is 10.2. The zero-order valence-electron chi connectivity index (χ0n) is 13.7. The first-order valence-electron chi connectivity index (χ1n) is 8.63. The Morgan fingerprint density at radius 2 is 1.86 bits per heavy atom. The third-order valence-corrected chi connectivity index (χ3v) is 5.94. The molecule has 0 aromatic carbocycles. The second kappa shape index (κ2) is 6.66. The number of aromatic nitrogens is 1. The van der Waals surface area contributed by atoms with E-state index in [4.69, 9.17) is 4.98 Å². The van der Waals surface area contributed by atoms with Crippen LogP contribution in [0.5, 0.6) is 0 Å². The first-order chi connectivity index (χ1) is 10.2. The van der Waals surface area contributed by atoms with Crippen LogP contribution >= 0.6 is 11.3 Å². The summed E-state index contributed by atoms with van der Waals surface area (Å²) in [6, 6.07) is 0.430. The van der Waals surface area contributed by atoms with Gasteiger partial charge in [-0.2, -0.15) is 0 Å². The summed E-state index contributed by atoms with van der Waals surface area (Å²) in [5, 5.41) is 4.87. The van der Waals surface area contributed by atoms with E-state index in [1.165, 1.54) is 60.9 Å². The summed E-state index contributed by atoms with van der Waals surface area (Å²) in [5.41, 5.74) is 1.22. The maximum Gasteiger partial charge on any atom is 0.185 e. The highest BCUT2D eigenvalue weighted by Crippen LogP contribution is 2.38. The molecule has 1 unspecified atom stereocenters. The smallest absolute Gasteiger partial charge is 0.185 e. The van der Waals surface area contributed by atoms with Crippen molar-refractivity contribution in [2.45, 2.75) is 58.9 Å². The predicted octanol–water partition coefficient (Wildman–Crippen LogP) is 4.14. The molecule has 1 atom stereocenters. The Labute approximate surface area is 133 Å². The lowest BCUT2D eigenvalue weighted by molar-refractivity contribution is 0.575. The van der Waals surface area contributed by atoms with E-state index in [2.05, 4.69) is 31.0 Å². The van der Waals surface area contributed by atoms with E-state index in [-0.39, 0.29) is 0 Å². The van der Waals surface area contributed by atoms with Gasteiger partial charge in [-0.1, -0.05) is 6.92 Å². The van der Waals surface area contributed by atoms with E-state index in [1.54, 1.807) is 0 Å². The van der Waals surface area contributed by atoms with Crippen molar-refractivity contribution < 1.29 is 0 Å². The molecule has 1 aromatic heterocycles. The minimum atomic E-state index is 0.430. The van der Waals surface area contributed by atoms with E-state index in [0.717, 1.165) is 18.4 Å². The van der Waals surface area contributed by atoms with Crippen molar-refractivity contribution in [2.75, 3.05) is 24.5 Å². The lowest BCUT2D eigenvalue weighted by atomic mass is 10.2. The monoisotopic (exact) mass is 307 g/mol. The molecule has 3 nitrogen and oxygen atoms in total. The topological polar surface area (TPSA) is 28.2 Å². The Hall–Kier alpha value is -0.610. The van der Waals surface area contributed by atoms with Gasteiger partial charge in [0.1, 0.15) is 0 Å². The molecular formula is C17H29N3S. The molecule has 118 valence electrons. The Kier molecular flexibility index (Phi) is 4.85. The van der Waals surface area contributed by atoms with Crippen molar-refractivity contribution in [3.63, 3.8) is 0 Å². The van der Waals surface area contributed by atoms with Crippen LogP contribution in [-0.4, -0.2) is 24.6 Å². The molecule has 3 rings (SSSR count). The highest BCUT2D eigenvalue weighted by Gasteiger charge is 2.31. The predicted molar refractivity (Wildman–Crippen MR) is 91.2 cm³/mol. The highest BCUT2D eigenvalue weighted by molar-refractivity contribution is 7.15. The van der Waals surface area contributed by atoms with E-state index in [0.29, 0.717) is 6.04 Å². The van der Waals surface area contributed by atoms with Gasteiger partial charge in [-0.3, -0.25) is 0 Å². The molecule has 0 aliphatic heterocycles. The van der Waals surface area contributed by atoms with E-state index in [1.807, 2.05) is 11.3 Å². The number of anilines is 1. The fourth-order valence-electron chi connectivity index (χ4n) is 2.84. The zero-order chi connectivity index (χ0) is 14.8. The molecule has 2 aliphatic rings. The maximum absolute atomic E-state index is 4.91. The van der Waals surface area contributed by atoms with Crippen molar-refractivity contribution in [1.82, 2.24) is 10.3 Å². The fourth-order valence-corrected chi connectivity index (χ4v) is 3.95. The Balaban J connectivity index is 1.69. The van der Waals surface area contributed by atoms with Crippen LogP contribution in [-0.2, 0) is 0 Å². The SMILES string of the molecule is CCCNC(C)c1sc(N(CC2CC2)CC2CC2)nc1C. The van der Waals surface area contributed by atoms with E-state index in [9.17, 15) is 0 Å². The number of hydrogen-bond donors (Lipinski definition) is 1. The molecule has 1 heterocycles. The third-order valence-electron chi connectivity index (χ3n) is 4.54. The molecule has 0 spiro atoms. The lowest BCUT2D eigenvalue weighted by Crippen LogP contribution is -2.27. The first kappa shape index (κ1) is 15.3. The molecule has 1 N–H and O–H groups in total. The zero-order valence-corrected chi connectivity index (χ0v) is 14.5. The number of rotatable bonds is 9. The molecule has 0 radical (unpaired) electrons. The van der Waals surface area contributed by atoms with Crippen LogP contribution in [0.4, 0.5) is 5.13 Å². The number of thiazole rings is 1. The first-order valence-corrected chi connectivity index (χ1v) is 9.44. The summed E-state index contributed by atoms with van der Waals surface area (Å²) in [5.74, 6) is 1.87. The summed E-state index contributed by atoms with van der Waals surface area (Å²) in [7, 11) is 0. The maximum atomic E-state index is 4.91. The van der Waals surface area contributed by atoms with Gasteiger partial charge in [-0.25, -0.2) is 4.98 Å². The second-order valence-corrected chi connectivity index (χ2v) is 7.92. The van der Waals surface area contributed by atoms with Crippen LogP contribution in [0.25, 0.3) is 0 Å². The van der Waals surface area contributed by atoms with Gasteiger partial charge in [-0.15, -0.1) is 11.3 Å². The summed E-state index contributed by atoms with van der Waals surface area (Å²) in [6.07, 6.45) is 6.88. The Morgan fingerprint density at radius 3 is 2.38 bits per heavy atom. The van der Waals surface area contributed by atoms with Gasteiger partial charge in [-0.05, 0) is 64.3 Å². The van der Waals surface area contributed by atoms with Crippen LogP contribution in [0.2, 0.25) is 0 Å². The molecular weight excluding hydrogens is 278 g/mol. The van der Waals surface area contributed by atoms with Gasteiger partial charge in [0, 0.05) is 24.0 Å². The number of hydrogen-bond acceptors (Lipinski definition) is 4. The molecule has 2 fully saturated rings. The molecule has 0 bridgehead atoms. The van der Waals surface area contributed by atoms with Crippen LogP contribution in [0.15, 0.2) is 0 Å². The van der Waals surface area contributed by atoms with Gasteiger partial charge in [0.2, 0.25) is 0 Å². The van der Waals surface area contributed by atoms with E-state index >= 15 is 0 Å². The lowest BCUT2D eigenvalue weighted by Gasteiger charge is -2.21. The Morgan fingerprint density at radius 1 is 1.24 bits per heavy atom. The summed E-state index contributed by atoms with van der Waals surface area (Å²) < 4.78 is 0. The van der Waals surface area contributed by atoms with Gasteiger partial charge < -0.3 is 10.2 Å². The number of aryl methyl sites for hydroxylation is 1. The molecule has 4 heteroatoms. The molecule has 0 amide bonds. The van der Waals surface area contributed by atoms with E-state index < -0.39 is 0 Å². The van der Waals surface area contributed by atoms with Gasteiger partial charge >= 0.3 is 0 Å². The highest BCUT2D eigenvalue weighted by atomic mass is 32.1. The van der Waals surface area contributed by atoms with Crippen molar-refractivity contribution in [1.29, 1.82) is 0 Å². The molecule has 1 aromatic rings. The van der Waals surface area contributed by atoms with Crippen molar-refractivity contribution in [3.8, 4) is 0 Å². The van der Waals surface area contributed by atoms with Gasteiger partial charge in [0.25, 0.3) is 0 Å². The summed E-state index contributed by atoms with van der Waals surface area (Å²) in [4.78, 5) is 8.92. The van der Waals surface area contributed by atoms with Gasteiger partial charge in [0.15, 0.2) is 5.13 Å². The van der Waals surface area contributed by atoms with Crippen LogP contribution < -0.4 is 10.2 Å².